The van der Waals surface area contributed by atoms with E-state index >= 15 is 0 Å². The first kappa shape index (κ1) is 17.7. The summed E-state index contributed by atoms with van der Waals surface area (Å²) in [6, 6.07) is 11.0. The minimum absolute atomic E-state index is 0.0810. The molecule has 2 aromatic carbocycles. The lowest BCUT2D eigenvalue weighted by molar-refractivity contribution is -0.384. The van der Waals surface area contributed by atoms with Crippen LogP contribution in [-0.2, 0) is 4.79 Å². The predicted octanol–water partition coefficient (Wildman–Crippen LogP) is 4.35. The molecular weight excluding hydrogens is 332 g/mol. The van der Waals surface area contributed by atoms with Crippen LogP contribution >= 0.6 is 11.6 Å². The molecule has 6 nitrogen and oxygen atoms in total. The smallest absolute Gasteiger partial charge is 0.271 e. The van der Waals surface area contributed by atoms with Gasteiger partial charge in [0.05, 0.1) is 10.6 Å². The van der Waals surface area contributed by atoms with Crippen molar-refractivity contribution in [3.63, 3.8) is 0 Å². The number of nitrogens with zero attached hydrogens (tertiary/aromatic N) is 1. The first-order valence-electron chi connectivity index (χ1n) is 7.39. The van der Waals surface area contributed by atoms with E-state index < -0.39 is 11.0 Å². The Labute approximate surface area is 144 Å². The maximum atomic E-state index is 12.4. The van der Waals surface area contributed by atoms with Crippen molar-refractivity contribution >= 4 is 28.9 Å². The van der Waals surface area contributed by atoms with Gasteiger partial charge in [0, 0.05) is 17.2 Å². The first-order valence-corrected chi connectivity index (χ1v) is 7.76. The van der Waals surface area contributed by atoms with Gasteiger partial charge in [-0.3, -0.25) is 14.9 Å². The van der Waals surface area contributed by atoms with Crippen molar-refractivity contribution in [3.8, 4) is 5.75 Å². The number of nitrogens with one attached hydrogen (secondary N) is 1. The summed E-state index contributed by atoms with van der Waals surface area (Å²) < 4.78 is 5.67. The molecule has 0 bridgehead atoms. The van der Waals surface area contributed by atoms with Gasteiger partial charge in [0.25, 0.3) is 11.6 Å². The molecule has 0 aliphatic carbocycles. The zero-order valence-corrected chi connectivity index (χ0v) is 14.0. The van der Waals surface area contributed by atoms with Gasteiger partial charge >= 0.3 is 0 Å². The molecule has 1 atom stereocenters. The Hall–Kier alpha value is -2.60. The number of aryl methyl sites for hydroxylation is 1. The van der Waals surface area contributed by atoms with E-state index in [1.54, 1.807) is 37.3 Å². The highest BCUT2D eigenvalue weighted by molar-refractivity contribution is 6.30. The number of carbonyl (C=O) groups is 1. The number of nitro groups is 1. The molecule has 126 valence electrons. The summed E-state index contributed by atoms with van der Waals surface area (Å²) in [4.78, 5) is 22.8. The van der Waals surface area contributed by atoms with Gasteiger partial charge in [-0.05, 0) is 43.2 Å². The van der Waals surface area contributed by atoms with Crippen LogP contribution in [0.2, 0.25) is 5.02 Å². The number of amides is 1. The Morgan fingerprint density at radius 2 is 1.96 bits per heavy atom. The minimum Gasteiger partial charge on any atom is -0.481 e. The van der Waals surface area contributed by atoms with Crippen LogP contribution in [-0.4, -0.2) is 16.9 Å². The fraction of sp³-hybridized carbons (Fsp3) is 0.235. The van der Waals surface area contributed by atoms with Crippen LogP contribution in [0.5, 0.6) is 5.75 Å². The van der Waals surface area contributed by atoms with Gasteiger partial charge in [-0.25, -0.2) is 0 Å². The quantitative estimate of drug-likeness (QED) is 0.621. The predicted molar refractivity (Wildman–Crippen MR) is 92.6 cm³/mol. The van der Waals surface area contributed by atoms with Crippen molar-refractivity contribution in [2.45, 2.75) is 26.4 Å². The Morgan fingerprint density at radius 1 is 1.29 bits per heavy atom. The molecule has 0 aromatic heterocycles. The molecule has 0 radical (unpaired) electrons. The van der Waals surface area contributed by atoms with Crippen molar-refractivity contribution in [2.24, 2.45) is 0 Å². The molecule has 0 saturated carbocycles. The highest BCUT2D eigenvalue weighted by Gasteiger charge is 2.20. The molecule has 0 fully saturated rings. The molecule has 0 saturated heterocycles. The number of anilines is 1. The maximum absolute atomic E-state index is 12.4. The van der Waals surface area contributed by atoms with E-state index in [9.17, 15) is 14.9 Å². The summed E-state index contributed by atoms with van der Waals surface area (Å²) in [6.07, 6.45) is -0.271. The van der Waals surface area contributed by atoms with Gasteiger partial charge in [0.15, 0.2) is 6.10 Å². The van der Waals surface area contributed by atoms with Gasteiger partial charge in [0.2, 0.25) is 0 Å². The first-order chi connectivity index (χ1) is 11.4. The molecule has 1 unspecified atom stereocenters. The third-order valence-corrected chi connectivity index (χ3v) is 3.70. The second kappa shape index (κ2) is 7.79. The van der Waals surface area contributed by atoms with E-state index in [2.05, 4.69) is 5.32 Å². The van der Waals surface area contributed by atoms with Gasteiger partial charge in [-0.1, -0.05) is 24.6 Å². The number of hydrogen-bond acceptors (Lipinski definition) is 4. The normalized spacial score (nSPS) is 11.6. The Bertz CT molecular complexity index is 747. The van der Waals surface area contributed by atoms with E-state index in [1.807, 2.05) is 6.92 Å². The van der Waals surface area contributed by atoms with Gasteiger partial charge < -0.3 is 10.1 Å². The summed E-state index contributed by atoms with van der Waals surface area (Å²) >= 11 is 5.82. The lowest BCUT2D eigenvalue weighted by Gasteiger charge is -2.18. The highest BCUT2D eigenvalue weighted by atomic mass is 35.5. The number of carbonyl (C=O) groups excluding carboxylic acids is 1. The van der Waals surface area contributed by atoms with Gasteiger partial charge in [-0.2, -0.15) is 0 Å². The number of rotatable bonds is 6. The zero-order chi connectivity index (χ0) is 17.7. The molecule has 7 heteroatoms. The third kappa shape index (κ3) is 4.45. The second-order valence-electron chi connectivity index (χ2n) is 5.21. The SMILES string of the molecule is CCC(Oc1ccc(Cl)cc1)C(=O)Nc1cc([N+](=O)[O-])ccc1C. The topological polar surface area (TPSA) is 81.5 Å². The molecule has 0 spiro atoms. The number of halogens is 1. The number of non-ortho nitro benzene ring substituents is 1. The van der Waals surface area contributed by atoms with Crippen molar-refractivity contribution in [1.82, 2.24) is 0 Å². The van der Waals surface area contributed by atoms with Crippen LogP contribution in [0.15, 0.2) is 42.5 Å². The molecule has 0 heterocycles. The lowest BCUT2D eigenvalue weighted by Crippen LogP contribution is -2.32. The lowest BCUT2D eigenvalue weighted by atomic mass is 10.1. The fourth-order valence-corrected chi connectivity index (χ4v) is 2.20. The Morgan fingerprint density at radius 3 is 2.54 bits per heavy atom. The molecule has 2 rings (SSSR count). The third-order valence-electron chi connectivity index (χ3n) is 3.45. The zero-order valence-electron chi connectivity index (χ0n) is 13.3. The molecule has 24 heavy (non-hydrogen) atoms. The van der Waals surface area contributed by atoms with Crippen molar-refractivity contribution in [2.75, 3.05) is 5.32 Å². The minimum atomic E-state index is -0.718. The van der Waals surface area contributed by atoms with Gasteiger partial charge in [-0.15, -0.1) is 0 Å². The fourth-order valence-electron chi connectivity index (χ4n) is 2.07. The van der Waals surface area contributed by atoms with Gasteiger partial charge in [0.1, 0.15) is 5.75 Å². The Balaban J connectivity index is 2.13. The molecule has 0 aliphatic rings. The van der Waals surface area contributed by atoms with Crippen LogP contribution in [0.3, 0.4) is 0 Å². The molecule has 2 aromatic rings. The average Bonchev–Trinajstić information content (AvgIpc) is 2.56. The maximum Gasteiger partial charge on any atom is 0.271 e. The van der Waals surface area contributed by atoms with Crippen LogP contribution in [0.25, 0.3) is 0 Å². The molecule has 1 N–H and O–H groups in total. The van der Waals surface area contributed by atoms with E-state index in [4.69, 9.17) is 16.3 Å². The van der Waals surface area contributed by atoms with Crippen LogP contribution < -0.4 is 10.1 Å². The standard InChI is InChI=1S/C17H17ClN2O4/c1-3-16(24-14-8-5-12(18)6-9-14)17(21)19-15-10-13(20(22)23)7-4-11(15)2/h4-10,16H,3H2,1-2H3,(H,19,21). The summed E-state index contributed by atoms with van der Waals surface area (Å²) in [5, 5.41) is 14.1. The monoisotopic (exact) mass is 348 g/mol. The number of benzene rings is 2. The van der Waals surface area contributed by atoms with Crippen molar-refractivity contribution in [3.05, 3.63) is 63.2 Å². The summed E-state index contributed by atoms with van der Waals surface area (Å²) in [6.45, 7) is 3.58. The van der Waals surface area contributed by atoms with E-state index in [-0.39, 0.29) is 11.6 Å². The van der Waals surface area contributed by atoms with E-state index in [0.29, 0.717) is 22.9 Å². The number of ether oxygens (including phenoxy) is 1. The molecule has 0 aliphatic heterocycles. The highest BCUT2D eigenvalue weighted by Crippen LogP contribution is 2.23. The second-order valence-corrected chi connectivity index (χ2v) is 5.65. The molecule has 1 amide bonds. The largest absolute Gasteiger partial charge is 0.481 e. The van der Waals surface area contributed by atoms with Crippen LogP contribution in [0.4, 0.5) is 11.4 Å². The Kier molecular flexibility index (Phi) is 5.76. The van der Waals surface area contributed by atoms with Crippen LogP contribution in [0.1, 0.15) is 18.9 Å². The van der Waals surface area contributed by atoms with Crippen molar-refractivity contribution < 1.29 is 14.5 Å². The number of hydrogen-bond donors (Lipinski definition) is 1. The summed E-state index contributed by atoms with van der Waals surface area (Å²) in [7, 11) is 0. The number of nitro benzene ring substituents is 1. The summed E-state index contributed by atoms with van der Waals surface area (Å²) in [5.74, 6) is 0.160. The van der Waals surface area contributed by atoms with Crippen molar-refractivity contribution in [1.29, 1.82) is 0 Å². The van der Waals surface area contributed by atoms with E-state index in [0.717, 1.165) is 5.56 Å². The average molecular weight is 349 g/mol. The van der Waals surface area contributed by atoms with Crippen LogP contribution in [0, 0.1) is 17.0 Å². The molecular formula is C17H17ClN2O4. The summed E-state index contributed by atoms with van der Waals surface area (Å²) in [5.41, 5.74) is 1.05. The van der Waals surface area contributed by atoms with E-state index in [1.165, 1.54) is 12.1 Å².